The zero-order chi connectivity index (χ0) is 15.4. The minimum atomic E-state index is -0.0725. The minimum absolute atomic E-state index is 0.0119. The van der Waals surface area contributed by atoms with Crippen LogP contribution >= 0.6 is 0 Å². The van der Waals surface area contributed by atoms with Gasteiger partial charge in [0.2, 0.25) is 0 Å². The summed E-state index contributed by atoms with van der Waals surface area (Å²) in [6.45, 7) is 3.26. The molecular formula is C17H24N2O3. The third kappa shape index (κ3) is 3.25. The number of carbonyl (C=O) groups excluding carboxylic acids is 1. The van der Waals surface area contributed by atoms with Gasteiger partial charge in [-0.2, -0.15) is 0 Å². The highest BCUT2D eigenvalue weighted by molar-refractivity contribution is 6.00. The number of anilines is 1. The number of nitrogens with zero attached hydrogens (tertiary/aromatic N) is 1. The van der Waals surface area contributed by atoms with Gasteiger partial charge in [0.05, 0.1) is 18.2 Å². The largest absolute Gasteiger partial charge is 0.379 e. The van der Waals surface area contributed by atoms with Crippen LogP contribution in [-0.2, 0) is 9.47 Å². The second-order valence-electron chi connectivity index (χ2n) is 5.93. The lowest BCUT2D eigenvalue weighted by molar-refractivity contribution is -0.0479. The molecule has 0 bridgehead atoms. The van der Waals surface area contributed by atoms with E-state index in [2.05, 4.69) is 10.2 Å². The van der Waals surface area contributed by atoms with E-state index >= 15 is 0 Å². The highest BCUT2D eigenvalue weighted by Gasteiger charge is 2.28. The summed E-state index contributed by atoms with van der Waals surface area (Å²) in [5.41, 5.74) is 1.80. The van der Waals surface area contributed by atoms with E-state index in [0.29, 0.717) is 13.2 Å². The number of benzene rings is 1. The number of nitrogens with one attached hydrogen (secondary N) is 1. The molecule has 1 aromatic carbocycles. The first-order valence-electron chi connectivity index (χ1n) is 8.05. The average Bonchev–Trinajstić information content (AvgIpc) is 3.09. The van der Waals surface area contributed by atoms with E-state index in [9.17, 15) is 4.79 Å². The Kier molecular flexibility index (Phi) is 4.95. The van der Waals surface area contributed by atoms with Gasteiger partial charge in [0.1, 0.15) is 6.10 Å². The van der Waals surface area contributed by atoms with Crippen LogP contribution in [0.1, 0.15) is 29.6 Å². The number of amides is 1. The van der Waals surface area contributed by atoms with Crippen molar-refractivity contribution >= 4 is 11.6 Å². The van der Waals surface area contributed by atoms with Gasteiger partial charge in [0.25, 0.3) is 5.91 Å². The second kappa shape index (κ2) is 7.11. The molecule has 2 atom stereocenters. The van der Waals surface area contributed by atoms with Crippen LogP contribution in [0.2, 0.25) is 0 Å². The zero-order valence-electron chi connectivity index (χ0n) is 13.1. The molecule has 2 saturated heterocycles. The first-order valence-corrected chi connectivity index (χ1v) is 8.05. The van der Waals surface area contributed by atoms with Crippen LogP contribution in [-0.4, -0.2) is 51.5 Å². The molecule has 0 aliphatic carbocycles. The van der Waals surface area contributed by atoms with Crippen LogP contribution in [0.15, 0.2) is 24.3 Å². The number of methoxy groups -OCH3 is 1. The summed E-state index contributed by atoms with van der Waals surface area (Å²) in [6, 6.07) is 7.88. The number of rotatable bonds is 4. The lowest BCUT2D eigenvalue weighted by atomic mass is 10.0. The number of carbonyl (C=O) groups is 1. The molecule has 2 aliphatic heterocycles. The Hall–Kier alpha value is -1.59. The molecule has 22 heavy (non-hydrogen) atoms. The zero-order valence-corrected chi connectivity index (χ0v) is 13.1. The summed E-state index contributed by atoms with van der Waals surface area (Å²) < 4.78 is 10.8. The normalized spacial score (nSPS) is 25.2. The van der Waals surface area contributed by atoms with Crippen molar-refractivity contribution in [1.29, 1.82) is 0 Å². The van der Waals surface area contributed by atoms with Gasteiger partial charge >= 0.3 is 0 Å². The molecular weight excluding hydrogens is 280 g/mol. The van der Waals surface area contributed by atoms with Gasteiger partial charge in [0.15, 0.2) is 0 Å². The molecule has 0 radical (unpaired) electrons. The Morgan fingerprint density at radius 2 is 2.09 bits per heavy atom. The molecule has 2 fully saturated rings. The van der Waals surface area contributed by atoms with E-state index in [4.69, 9.17) is 9.47 Å². The summed E-state index contributed by atoms with van der Waals surface area (Å²) >= 11 is 0. The Bertz CT molecular complexity index is 514. The number of para-hydroxylation sites is 1. The van der Waals surface area contributed by atoms with E-state index in [1.165, 1.54) is 12.8 Å². The Labute approximate surface area is 131 Å². The van der Waals surface area contributed by atoms with Crippen LogP contribution in [0, 0.1) is 0 Å². The molecule has 0 unspecified atom stereocenters. The smallest absolute Gasteiger partial charge is 0.253 e. The maximum atomic E-state index is 12.7. The van der Waals surface area contributed by atoms with Gasteiger partial charge in [0, 0.05) is 32.5 Å². The summed E-state index contributed by atoms with van der Waals surface area (Å²) in [7, 11) is 1.66. The first kappa shape index (κ1) is 15.3. The Morgan fingerprint density at radius 1 is 1.32 bits per heavy atom. The monoisotopic (exact) mass is 304 g/mol. The lowest BCUT2D eigenvalue weighted by Gasteiger charge is -2.31. The van der Waals surface area contributed by atoms with Crippen molar-refractivity contribution in [3.05, 3.63) is 29.8 Å². The molecule has 1 aromatic rings. The highest BCUT2D eigenvalue weighted by Crippen LogP contribution is 2.25. The van der Waals surface area contributed by atoms with Gasteiger partial charge in [-0.3, -0.25) is 4.79 Å². The SMILES string of the molecule is CO[C@@H]1COCC[C@H]1NC(=O)c1ccccc1N1CCCC1. The van der Waals surface area contributed by atoms with E-state index in [1.54, 1.807) is 7.11 Å². The standard InChI is InChI=1S/C17H24N2O3/c1-21-16-12-22-11-8-14(16)18-17(20)13-6-2-3-7-15(13)19-9-4-5-10-19/h2-3,6-7,14,16H,4-5,8-12H2,1H3,(H,18,20)/t14-,16-/m1/s1. The van der Waals surface area contributed by atoms with E-state index < -0.39 is 0 Å². The van der Waals surface area contributed by atoms with Crippen molar-refractivity contribution in [3.8, 4) is 0 Å². The lowest BCUT2D eigenvalue weighted by Crippen LogP contribution is -2.49. The second-order valence-corrected chi connectivity index (χ2v) is 5.93. The van der Waals surface area contributed by atoms with Crippen LogP contribution in [0.5, 0.6) is 0 Å². The fourth-order valence-electron chi connectivity index (χ4n) is 3.25. The van der Waals surface area contributed by atoms with Crippen molar-refractivity contribution in [3.63, 3.8) is 0 Å². The third-order valence-electron chi connectivity index (χ3n) is 4.52. The van der Waals surface area contributed by atoms with Crippen molar-refractivity contribution in [2.45, 2.75) is 31.4 Å². The summed E-state index contributed by atoms with van der Waals surface area (Å²) in [4.78, 5) is 15.0. The Balaban J connectivity index is 1.74. The quantitative estimate of drug-likeness (QED) is 0.922. The van der Waals surface area contributed by atoms with Gasteiger partial charge in [-0.1, -0.05) is 12.1 Å². The molecule has 2 aliphatic rings. The summed E-state index contributed by atoms with van der Waals surface area (Å²) in [5.74, 6) is -0.0172. The van der Waals surface area contributed by atoms with Crippen LogP contribution in [0.25, 0.3) is 0 Å². The number of ether oxygens (including phenoxy) is 2. The molecule has 0 saturated carbocycles. The van der Waals surface area contributed by atoms with Gasteiger partial charge in [-0.25, -0.2) is 0 Å². The van der Waals surface area contributed by atoms with Gasteiger partial charge < -0.3 is 19.7 Å². The van der Waals surface area contributed by atoms with Crippen molar-refractivity contribution in [2.75, 3.05) is 38.3 Å². The molecule has 120 valence electrons. The minimum Gasteiger partial charge on any atom is -0.379 e. The summed E-state index contributed by atoms with van der Waals surface area (Å²) in [6.07, 6.45) is 3.11. The molecule has 1 N–H and O–H groups in total. The molecule has 0 spiro atoms. The fraction of sp³-hybridized carbons (Fsp3) is 0.588. The number of hydrogen-bond donors (Lipinski definition) is 1. The maximum absolute atomic E-state index is 12.7. The van der Waals surface area contributed by atoms with Crippen LogP contribution in [0.3, 0.4) is 0 Å². The van der Waals surface area contributed by atoms with Crippen LogP contribution < -0.4 is 10.2 Å². The van der Waals surface area contributed by atoms with E-state index in [1.807, 2.05) is 24.3 Å². The summed E-state index contributed by atoms with van der Waals surface area (Å²) in [5, 5.41) is 3.13. The molecule has 3 rings (SSSR count). The third-order valence-corrected chi connectivity index (χ3v) is 4.52. The fourth-order valence-corrected chi connectivity index (χ4v) is 3.25. The molecule has 2 heterocycles. The van der Waals surface area contributed by atoms with Crippen molar-refractivity contribution in [2.24, 2.45) is 0 Å². The topological polar surface area (TPSA) is 50.8 Å². The van der Waals surface area contributed by atoms with Crippen molar-refractivity contribution in [1.82, 2.24) is 5.32 Å². The van der Waals surface area contributed by atoms with Crippen molar-refractivity contribution < 1.29 is 14.3 Å². The molecule has 5 nitrogen and oxygen atoms in total. The van der Waals surface area contributed by atoms with E-state index in [0.717, 1.165) is 30.8 Å². The predicted octanol–water partition coefficient (Wildman–Crippen LogP) is 1.82. The average molecular weight is 304 g/mol. The maximum Gasteiger partial charge on any atom is 0.253 e. The molecule has 5 heteroatoms. The molecule has 0 aromatic heterocycles. The number of hydrogen-bond acceptors (Lipinski definition) is 4. The van der Waals surface area contributed by atoms with Gasteiger partial charge in [-0.05, 0) is 31.4 Å². The highest BCUT2D eigenvalue weighted by atomic mass is 16.5. The van der Waals surface area contributed by atoms with E-state index in [-0.39, 0.29) is 18.1 Å². The predicted molar refractivity (Wildman–Crippen MR) is 85.4 cm³/mol. The first-order chi connectivity index (χ1) is 10.8. The van der Waals surface area contributed by atoms with Crippen LogP contribution in [0.4, 0.5) is 5.69 Å². The Morgan fingerprint density at radius 3 is 2.86 bits per heavy atom. The van der Waals surface area contributed by atoms with Gasteiger partial charge in [-0.15, -0.1) is 0 Å². The molecule has 1 amide bonds.